The highest BCUT2D eigenvalue weighted by molar-refractivity contribution is 6.05. The lowest BCUT2D eigenvalue weighted by Gasteiger charge is -2.29. The van der Waals surface area contributed by atoms with Crippen LogP contribution in [0.3, 0.4) is 0 Å². The molecule has 32 heavy (non-hydrogen) atoms. The minimum atomic E-state index is -0.621. The van der Waals surface area contributed by atoms with E-state index < -0.39 is 11.9 Å². The molecule has 1 aliphatic carbocycles. The molecule has 164 valence electrons. The summed E-state index contributed by atoms with van der Waals surface area (Å²) in [5.74, 6) is -0.551. The lowest BCUT2D eigenvalue weighted by molar-refractivity contribution is -0.137. The summed E-state index contributed by atoms with van der Waals surface area (Å²) in [6.07, 6.45) is 1.45. The third kappa shape index (κ3) is 3.79. The smallest absolute Gasteiger partial charge is 0.255 e. The molecule has 7 heteroatoms. The molecule has 3 atom stereocenters. The van der Waals surface area contributed by atoms with Crippen LogP contribution in [0.5, 0.6) is 0 Å². The normalized spacial score (nSPS) is 24.2. The number of imide groups is 1. The molecule has 1 unspecified atom stereocenters. The number of amides is 4. The molecule has 2 fully saturated rings. The second kappa shape index (κ2) is 7.89. The van der Waals surface area contributed by atoms with Crippen molar-refractivity contribution in [3.8, 4) is 0 Å². The van der Waals surface area contributed by atoms with Gasteiger partial charge >= 0.3 is 0 Å². The van der Waals surface area contributed by atoms with Gasteiger partial charge in [-0.15, -0.1) is 0 Å². The van der Waals surface area contributed by atoms with Gasteiger partial charge in [-0.05, 0) is 48.4 Å². The number of hydrogen-bond acceptors (Lipinski definition) is 4. The summed E-state index contributed by atoms with van der Waals surface area (Å²) in [6.45, 7) is 2.78. The average Bonchev–Trinajstić information content (AvgIpc) is 3.51. The van der Waals surface area contributed by atoms with E-state index in [0.717, 1.165) is 17.5 Å². The maximum Gasteiger partial charge on any atom is 0.255 e. The minimum absolute atomic E-state index is 0.0109. The Bertz CT molecular complexity index is 1120. The van der Waals surface area contributed by atoms with E-state index in [9.17, 15) is 19.2 Å². The van der Waals surface area contributed by atoms with Crippen molar-refractivity contribution in [1.29, 1.82) is 0 Å². The molecular weight excluding hydrogens is 406 g/mol. The molecule has 2 aromatic carbocycles. The molecule has 2 aliphatic heterocycles. The number of nitrogens with zero attached hydrogens (tertiary/aromatic N) is 1. The van der Waals surface area contributed by atoms with Gasteiger partial charge in [0.25, 0.3) is 5.91 Å². The topological polar surface area (TPSA) is 95.6 Å². The number of fused-ring (bicyclic) bond motifs is 1. The largest absolute Gasteiger partial charge is 0.352 e. The molecule has 0 radical (unpaired) electrons. The molecular formula is C25H25N3O4. The van der Waals surface area contributed by atoms with E-state index in [2.05, 4.69) is 41.8 Å². The predicted octanol–water partition coefficient (Wildman–Crippen LogP) is 2.18. The quantitative estimate of drug-likeness (QED) is 0.710. The van der Waals surface area contributed by atoms with Crippen molar-refractivity contribution in [1.82, 2.24) is 15.5 Å². The van der Waals surface area contributed by atoms with Gasteiger partial charge in [0.05, 0.1) is 0 Å². The van der Waals surface area contributed by atoms with E-state index in [4.69, 9.17) is 0 Å². The Hall–Kier alpha value is -3.48. The standard InChI is InChI=1S/C25H25N3O4/c1-14-2-5-16(6-3-14)19-11-20(19)23(30)26-12-15-4-7-18-17(10-15)13-28(25(18)32)21-8-9-22(29)27-24(21)31/h2-7,10,19-21H,8-9,11-13H2,1H3,(H,26,30)(H,27,29,31)/t19-,20+,21?/m1/s1. The number of hydrogen-bond donors (Lipinski definition) is 2. The zero-order chi connectivity index (χ0) is 22.4. The Morgan fingerprint density at radius 1 is 1.12 bits per heavy atom. The molecule has 0 spiro atoms. The maximum absolute atomic E-state index is 12.8. The van der Waals surface area contributed by atoms with Gasteiger partial charge in [0.15, 0.2) is 0 Å². The highest BCUT2D eigenvalue weighted by atomic mass is 16.2. The second-order valence-electron chi connectivity index (χ2n) is 8.97. The number of carbonyl (C=O) groups excluding carboxylic acids is 4. The summed E-state index contributed by atoms with van der Waals surface area (Å²) in [4.78, 5) is 50.5. The van der Waals surface area contributed by atoms with Crippen LogP contribution in [0.15, 0.2) is 42.5 Å². The van der Waals surface area contributed by atoms with Gasteiger partial charge in [-0.3, -0.25) is 24.5 Å². The Morgan fingerprint density at radius 3 is 2.66 bits per heavy atom. The van der Waals surface area contributed by atoms with Crippen LogP contribution in [0, 0.1) is 12.8 Å². The van der Waals surface area contributed by atoms with Crippen LogP contribution >= 0.6 is 0 Å². The van der Waals surface area contributed by atoms with E-state index >= 15 is 0 Å². The van der Waals surface area contributed by atoms with Crippen molar-refractivity contribution in [3.05, 3.63) is 70.3 Å². The van der Waals surface area contributed by atoms with Gasteiger partial charge in [0.1, 0.15) is 6.04 Å². The van der Waals surface area contributed by atoms with Crippen LogP contribution in [-0.2, 0) is 27.5 Å². The van der Waals surface area contributed by atoms with Crippen LogP contribution < -0.4 is 10.6 Å². The fraction of sp³-hybridized carbons (Fsp3) is 0.360. The van der Waals surface area contributed by atoms with Crippen molar-refractivity contribution in [2.75, 3.05) is 0 Å². The first-order valence-electron chi connectivity index (χ1n) is 11.0. The predicted molar refractivity (Wildman–Crippen MR) is 116 cm³/mol. The lowest BCUT2D eigenvalue weighted by atomic mass is 10.0. The number of aryl methyl sites for hydroxylation is 1. The lowest BCUT2D eigenvalue weighted by Crippen LogP contribution is -2.52. The van der Waals surface area contributed by atoms with Crippen molar-refractivity contribution in [2.45, 2.75) is 51.2 Å². The first kappa shape index (κ1) is 20.4. The van der Waals surface area contributed by atoms with Gasteiger partial charge in [0, 0.05) is 31.0 Å². The summed E-state index contributed by atoms with van der Waals surface area (Å²) >= 11 is 0. The van der Waals surface area contributed by atoms with Crippen molar-refractivity contribution in [2.24, 2.45) is 5.92 Å². The zero-order valence-corrected chi connectivity index (χ0v) is 17.9. The summed E-state index contributed by atoms with van der Waals surface area (Å²) < 4.78 is 0. The van der Waals surface area contributed by atoms with E-state index in [1.54, 1.807) is 6.07 Å². The number of carbonyl (C=O) groups is 4. The van der Waals surface area contributed by atoms with Crippen molar-refractivity contribution >= 4 is 23.6 Å². The molecule has 0 bridgehead atoms. The molecule has 2 N–H and O–H groups in total. The average molecular weight is 431 g/mol. The molecule has 2 aromatic rings. The van der Waals surface area contributed by atoms with Crippen LogP contribution in [0.1, 0.15) is 57.8 Å². The number of nitrogens with one attached hydrogen (secondary N) is 2. The number of benzene rings is 2. The fourth-order valence-corrected chi connectivity index (χ4v) is 4.72. The first-order valence-corrected chi connectivity index (χ1v) is 11.0. The van der Waals surface area contributed by atoms with E-state index in [-0.39, 0.29) is 36.0 Å². The zero-order valence-electron chi connectivity index (χ0n) is 17.9. The SMILES string of the molecule is Cc1ccc([C@H]2C[C@@H]2C(=O)NCc2ccc3c(c2)CN(C2CCC(=O)NC2=O)C3=O)cc1. The fourth-order valence-electron chi connectivity index (χ4n) is 4.72. The minimum Gasteiger partial charge on any atom is -0.352 e. The third-order valence-corrected chi connectivity index (χ3v) is 6.69. The molecule has 7 nitrogen and oxygen atoms in total. The van der Waals surface area contributed by atoms with Crippen LogP contribution in [0.4, 0.5) is 0 Å². The highest BCUT2D eigenvalue weighted by Gasteiger charge is 2.44. The number of rotatable bonds is 5. The van der Waals surface area contributed by atoms with E-state index in [0.29, 0.717) is 25.1 Å². The summed E-state index contributed by atoms with van der Waals surface area (Å²) in [5, 5.41) is 5.33. The van der Waals surface area contributed by atoms with Gasteiger partial charge in [-0.25, -0.2) is 0 Å². The third-order valence-electron chi connectivity index (χ3n) is 6.69. The van der Waals surface area contributed by atoms with Crippen molar-refractivity contribution in [3.63, 3.8) is 0 Å². The van der Waals surface area contributed by atoms with Gasteiger partial charge < -0.3 is 10.2 Å². The summed E-state index contributed by atoms with van der Waals surface area (Å²) in [6, 6.07) is 13.2. The molecule has 3 aliphatic rings. The van der Waals surface area contributed by atoms with Crippen LogP contribution in [-0.4, -0.2) is 34.6 Å². The molecule has 1 saturated carbocycles. The molecule has 1 saturated heterocycles. The molecule has 2 heterocycles. The number of piperidine rings is 1. The van der Waals surface area contributed by atoms with Crippen LogP contribution in [0.25, 0.3) is 0 Å². The maximum atomic E-state index is 12.8. The molecule has 5 rings (SSSR count). The van der Waals surface area contributed by atoms with E-state index in [1.165, 1.54) is 16.0 Å². The Balaban J connectivity index is 1.19. The van der Waals surface area contributed by atoms with Crippen molar-refractivity contribution < 1.29 is 19.2 Å². The Morgan fingerprint density at radius 2 is 1.91 bits per heavy atom. The summed E-state index contributed by atoms with van der Waals surface area (Å²) in [5.41, 5.74) is 4.76. The van der Waals surface area contributed by atoms with Crippen LogP contribution in [0.2, 0.25) is 0 Å². The monoisotopic (exact) mass is 431 g/mol. The molecule has 4 amide bonds. The Labute approximate surface area is 186 Å². The van der Waals surface area contributed by atoms with Gasteiger partial charge in [-0.1, -0.05) is 42.0 Å². The van der Waals surface area contributed by atoms with Gasteiger partial charge in [0.2, 0.25) is 17.7 Å². The molecule has 0 aromatic heterocycles. The highest BCUT2D eigenvalue weighted by Crippen LogP contribution is 2.47. The first-order chi connectivity index (χ1) is 15.4. The van der Waals surface area contributed by atoms with E-state index in [1.807, 2.05) is 12.1 Å². The summed E-state index contributed by atoms with van der Waals surface area (Å²) in [7, 11) is 0. The van der Waals surface area contributed by atoms with Gasteiger partial charge in [-0.2, -0.15) is 0 Å². The second-order valence-corrected chi connectivity index (χ2v) is 8.97. The Kier molecular flexibility index (Phi) is 5.04.